The van der Waals surface area contributed by atoms with E-state index in [4.69, 9.17) is 9.47 Å². The average Bonchev–Trinajstić information content (AvgIpc) is 3.30. The van der Waals surface area contributed by atoms with Gasteiger partial charge in [-0.2, -0.15) is 0 Å². The number of ether oxygens (including phenoxy) is 2. The van der Waals surface area contributed by atoms with Gasteiger partial charge in [-0.05, 0) is 77.8 Å². The zero-order chi connectivity index (χ0) is 25.8. The van der Waals surface area contributed by atoms with Crippen molar-refractivity contribution >= 4 is 5.91 Å². The number of aliphatic hydroxyl groups excluding tert-OH is 1. The van der Waals surface area contributed by atoms with E-state index in [2.05, 4.69) is 47.8 Å². The summed E-state index contributed by atoms with van der Waals surface area (Å²) >= 11 is 0. The fraction of sp³-hybridized carbons (Fsp3) is 0.323. The topological polar surface area (TPSA) is 67.8 Å². The van der Waals surface area contributed by atoms with Gasteiger partial charge in [0.05, 0.1) is 0 Å². The number of hydrogen-bond donors (Lipinski definition) is 2. The molecule has 0 bridgehead atoms. The van der Waals surface area contributed by atoms with Gasteiger partial charge in [-0.1, -0.05) is 54.6 Å². The molecule has 2 aliphatic rings. The third kappa shape index (κ3) is 5.31. The molecule has 1 aliphatic carbocycles. The number of fused-ring (bicyclic) bond motifs is 3. The highest BCUT2D eigenvalue weighted by molar-refractivity contribution is 5.91. The highest BCUT2D eigenvalue weighted by atomic mass is 19.1. The van der Waals surface area contributed by atoms with Crippen LogP contribution in [0.3, 0.4) is 0 Å². The number of carbonyl (C=O) groups is 1. The van der Waals surface area contributed by atoms with Gasteiger partial charge in [0, 0.05) is 31.6 Å². The van der Waals surface area contributed by atoms with Crippen molar-refractivity contribution in [1.82, 2.24) is 5.32 Å². The Morgan fingerprint density at radius 2 is 1.86 bits per heavy atom. The molecule has 5 rings (SSSR count). The monoisotopic (exact) mass is 501 g/mol. The molecule has 0 saturated carbocycles. The molecule has 1 aliphatic heterocycles. The Kier molecular flexibility index (Phi) is 7.68. The molecule has 0 aromatic heterocycles. The van der Waals surface area contributed by atoms with E-state index >= 15 is 0 Å². The van der Waals surface area contributed by atoms with E-state index in [0.717, 1.165) is 17.5 Å². The van der Waals surface area contributed by atoms with Crippen molar-refractivity contribution in [2.75, 3.05) is 13.2 Å². The van der Waals surface area contributed by atoms with Crippen LogP contribution in [0.15, 0.2) is 78.6 Å². The Morgan fingerprint density at radius 1 is 1.08 bits per heavy atom. The number of rotatable bonds is 9. The van der Waals surface area contributed by atoms with Crippen molar-refractivity contribution in [2.24, 2.45) is 5.92 Å². The summed E-state index contributed by atoms with van der Waals surface area (Å²) in [4.78, 5) is 13.2. The maximum atomic E-state index is 13.3. The molecule has 3 aromatic rings. The summed E-state index contributed by atoms with van der Waals surface area (Å²) in [5.74, 6) is -0.611. The molecule has 5 nitrogen and oxygen atoms in total. The molecule has 1 heterocycles. The van der Waals surface area contributed by atoms with Crippen LogP contribution in [0.4, 0.5) is 4.39 Å². The molecule has 0 radical (unpaired) electrons. The zero-order valence-corrected chi connectivity index (χ0v) is 21.0. The molecule has 1 amide bonds. The van der Waals surface area contributed by atoms with Gasteiger partial charge in [-0.25, -0.2) is 4.39 Å². The van der Waals surface area contributed by atoms with Crippen molar-refractivity contribution in [3.05, 3.63) is 107 Å². The van der Waals surface area contributed by atoms with Crippen molar-refractivity contribution in [3.8, 4) is 11.1 Å². The molecule has 3 aromatic carbocycles. The third-order valence-corrected chi connectivity index (χ3v) is 7.25. The van der Waals surface area contributed by atoms with E-state index < -0.39 is 6.29 Å². The van der Waals surface area contributed by atoms with Crippen LogP contribution in [0.2, 0.25) is 0 Å². The lowest BCUT2D eigenvalue weighted by Gasteiger charge is -2.37. The van der Waals surface area contributed by atoms with E-state index in [1.165, 1.54) is 34.4 Å². The normalized spacial score (nSPS) is 20.0. The van der Waals surface area contributed by atoms with Gasteiger partial charge in [-0.15, -0.1) is 0 Å². The summed E-state index contributed by atoms with van der Waals surface area (Å²) in [6, 6.07) is 20.9. The molecule has 3 unspecified atom stereocenters. The van der Waals surface area contributed by atoms with Crippen molar-refractivity contribution < 1.29 is 23.8 Å². The van der Waals surface area contributed by atoms with Gasteiger partial charge in [-0.3, -0.25) is 4.79 Å². The predicted molar refractivity (Wildman–Crippen MR) is 140 cm³/mol. The van der Waals surface area contributed by atoms with Crippen LogP contribution in [0.1, 0.15) is 47.9 Å². The lowest BCUT2D eigenvalue weighted by atomic mass is 9.78. The fourth-order valence-corrected chi connectivity index (χ4v) is 5.49. The quantitative estimate of drug-likeness (QED) is 0.320. The zero-order valence-electron chi connectivity index (χ0n) is 21.0. The highest BCUT2D eigenvalue weighted by Crippen LogP contribution is 2.45. The Hall–Kier alpha value is -3.48. The molecule has 0 saturated heterocycles. The van der Waals surface area contributed by atoms with Crippen LogP contribution in [0.5, 0.6) is 0 Å². The summed E-state index contributed by atoms with van der Waals surface area (Å²) in [7, 11) is 0. The molecule has 6 heteroatoms. The van der Waals surface area contributed by atoms with Gasteiger partial charge in [0.1, 0.15) is 5.82 Å². The standard InChI is InChI=1S/C31H32FNO4/c1-2-36-31-26(11-6-16-34)28(18-29(37-31)30(35)33-19-20-12-14-22(32)15-13-20)25-10-5-9-24-23-8-4-3-7-21(23)17-27(24)25/h3-5,7-10,12-15,18,26,28,31,34H,2,6,11,16-17,19H2,1H3,(H,33,35). The first kappa shape index (κ1) is 25.2. The van der Waals surface area contributed by atoms with Crippen LogP contribution in [-0.2, 0) is 27.2 Å². The van der Waals surface area contributed by atoms with Gasteiger partial charge in [0.25, 0.3) is 5.91 Å². The maximum absolute atomic E-state index is 13.3. The van der Waals surface area contributed by atoms with E-state index in [9.17, 15) is 14.3 Å². The summed E-state index contributed by atoms with van der Waals surface area (Å²) in [5, 5.41) is 12.5. The molecule has 3 atom stereocenters. The predicted octanol–water partition coefficient (Wildman–Crippen LogP) is 5.46. The van der Waals surface area contributed by atoms with Crippen LogP contribution >= 0.6 is 0 Å². The first-order valence-corrected chi connectivity index (χ1v) is 12.9. The lowest BCUT2D eigenvalue weighted by molar-refractivity contribution is -0.166. The van der Waals surface area contributed by atoms with E-state index in [1.54, 1.807) is 12.1 Å². The van der Waals surface area contributed by atoms with Crippen LogP contribution in [0, 0.1) is 11.7 Å². The average molecular weight is 502 g/mol. The minimum atomic E-state index is -0.613. The Bertz CT molecular complexity index is 1290. The number of benzene rings is 3. The summed E-state index contributed by atoms with van der Waals surface area (Å²) in [6.07, 6.45) is 3.45. The van der Waals surface area contributed by atoms with E-state index in [-0.39, 0.29) is 42.5 Å². The second-order valence-corrected chi connectivity index (χ2v) is 9.54. The molecule has 192 valence electrons. The Labute approximate surface area is 216 Å². The first-order valence-electron chi connectivity index (χ1n) is 12.9. The van der Waals surface area contributed by atoms with Gasteiger partial charge < -0.3 is 19.9 Å². The largest absolute Gasteiger partial charge is 0.459 e. The second-order valence-electron chi connectivity index (χ2n) is 9.54. The third-order valence-electron chi connectivity index (χ3n) is 7.25. The van der Waals surface area contributed by atoms with Crippen LogP contribution in [0.25, 0.3) is 11.1 Å². The minimum absolute atomic E-state index is 0.0593. The fourth-order valence-electron chi connectivity index (χ4n) is 5.49. The summed E-state index contributed by atoms with van der Waals surface area (Å²) in [5.41, 5.74) is 7.00. The number of allylic oxidation sites excluding steroid dienone is 1. The van der Waals surface area contributed by atoms with Crippen LogP contribution in [-0.4, -0.2) is 30.5 Å². The molecule has 37 heavy (non-hydrogen) atoms. The number of amides is 1. The van der Waals surface area contributed by atoms with Crippen molar-refractivity contribution in [2.45, 2.75) is 44.9 Å². The molecule has 2 N–H and O–H groups in total. The van der Waals surface area contributed by atoms with Gasteiger partial charge in [0.15, 0.2) is 5.76 Å². The van der Waals surface area contributed by atoms with Gasteiger partial charge in [0.2, 0.25) is 6.29 Å². The van der Waals surface area contributed by atoms with Gasteiger partial charge >= 0.3 is 0 Å². The summed E-state index contributed by atoms with van der Waals surface area (Å²) in [6.45, 7) is 2.68. The number of nitrogens with one attached hydrogen (secondary N) is 1. The smallest absolute Gasteiger partial charge is 0.286 e. The molecule has 0 spiro atoms. The Morgan fingerprint density at radius 3 is 2.65 bits per heavy atom. The molecular weight excluding hydrogens is 469 g/mol. The SMILES string of the molecule is CCOC1OC(C(=O)NCc2ccc(F)cc2)=CC(c2cccc3c2Cc2ccccc2-3)C1CCCO. The minimum Gasteiger partial charge on any atom is -0.459 e. The van der Waals surface area contributed by atoms with Crippen molar-refractivity contribution in [1.29, 1.82) is 0 Å². The van der Waals surface area contributed by atoms with E-state index in [0.29, 0.717) is 19.4 Å². The number of hydrogen-bond acceptors (Lipinski definition) is 4. The van der Waals surface area contributed by atoms with Crippen LogP contribution < -0.4 is 5.32 Å². The molecule has 0 fully saturated rings. The number of aliphatic hydroxyl groups is 1. The second kappa shape index (κ2) is 11.3. The lowest BCUT2D eigenvalue weighted by Crippen LogP contribution is -2.39. The Balaban J connectivity index is 1.49. The highest BCUT2D eigenvalue weighted by Gasteiger charge is 2.39. The number of halogens is 1. The summed E-state index contributed by atoms with van der Waals surface area (Å²) < 4.78 is 25.4. The number of carbonyl (C=O) groups excluding carboxylic acids is 1. The first-order chi connectivity index (χ1) is 18.1. The van der Waals surface area contributed by atoms with Crippen molar-refractivity contribution in [3.63, 3.8) is 0 Å². The molecular formula is C31H32FNO4. The van der Waals surface area contributed by atoms with E-state index in [1.807, 2.05) is 13.0 Å². The maximum Gasteiger partial charge on any atom is 0.286 e.